The van der Waals surface area contributed by atoms with Crippen LogP contribution < -0.4 is 0 Å². The van der Waals surface area contributed by atoms with Gasteiger partial charge in [-0.3, -0.25) is 4.90 Å². The zero-order chi connectivity index (χ0) is 18.1. The highest BCUT2D eigenvalue weighted by Crippen LogP contribution is 2.41. The number of hydrogen-bond donors (Lipinski definition) is 1. The molecule has 0 amide bonds. The lowest BCUT2D eigenvalue weighted by atomic mass is 9.77. The summed E-state index contributed by atoms with van der Waals surface area (Å²) in [5.41, 5.74) is 0.252. The zero-order valence-electron chi connectivity index (χ0n) is 14.3. The van der Waals surface area contributed by atoms with Crippen molar-refractivity contribution >= 4 is 0 Å². The minimum Gasteiger partial charge on any atom is -0.385 e. The van der Waals surface area contributed by atoms with Crippen molar-refractivity contribution in [2.75, 3.05) is 13.2 Å². The van der Waals surface area contributed by atoms with Crippen LogP contribution in [0.5, 0.6) is 0 Å². The fourth-order valence-electron chi connectivity index (χ4n) is 4.11. The van der Waals surface area contributed by atoms with Crippen molar-refractivity contribution in [2.45, 2.75) is 37.1 Å². The predicted molar refractivity (Wildman–Crippen MR) is 92.4 cm³/mol. The van der Waals surface area contributed by atoms with Gasteiger partial charge in [0.15, 0.2) is 11.5 Å². The molecular formula is C20H20FN3O2. The second-order valence-electron chi connectivity index (χ2n) is 7.11. The van der Waals surface area contributed by atoms with Crippen LogP contribution in [0.15, 0.2) is 42.6 Å². The van der Waals surface area contributed by atoms with Gasteiger partial charge in [-0.05, 0) is 24.5 Å². The molecule has 3 heterocycles. The number of aliphatic hydroxyl groups is 1. The van der Waals surface area contributed by atoms with Crippen molar-refractivity contribution in [3.63, 3.8) is 0 Å². The Balaban J connectivity index is 1.59. The van der Waals surface area contributed by atoms with Crippen LogP contribution in [0.25, 0.3) is 0 Å². The van der Waals surface area contributed by atoms with Gasteiger partial charge in [-0.25, -0.2) is 9.37 Å². The first-order valence-corrected chi connectivity index (χ1v) is 8.75. The number of fused-ring (bicyclic) bond motifs is 2. The van der Waals surface area contributed by atoms with Crippen LogP contribution in [0.4, 0.5) is 4.39 Å². The molecule has 1 aromatic heterocycles. The summed E-state index contributed by atoms with van der Waals surface area (Å²) < 4.78 is 19.7. The molecule has 0 radical (unpaired) electrons. The van der Waals surface area contributed by atoms with Gasteiger partial charge in [0.1, 0.15) is 6.07 Å². The Hall–Kier alpha value is -2.33. The molecule has 2 atom stereocenters. The third-order valence-electron chi connectivity index (χ3n) is 5.40. The third kappa shape index (κ3) is 3.10. The van der Waals surface area contributed by atoms with Crippen LogP contribution in [0.1, 0.15) is 29.7 Å². The zero-order valence-corrected chi connectivity index (χ0v) is 14.3. The van der Waals surface area contributed by atoms with Crippen LogP contribution in [0.2, 0.25) is 0 Å². The summed E-state index contributed by atoms with van der Waals surface area (Å²) in [4.78, 5) is 6.23. The van der Waals surface area contributed by atoms with Gasteiger partial charge in [0, 0.05) is 30.4 Å². The monoisotopic (exact) mass is 353 g/mol. The Bertz CT molecular complexity index is 823. The van der Waals surface area contributed by atoms with E-state index in [1.807, 2.05) is 18.2 Å². The average molecular weight is 353 g/mol. The molecule has 2 unspecified atom stereocenters. The lowest BCUT2D eigenvalue weighted by Gasteiger charge is -2.51. The van der Waals surface area contributed by atoms with E-state index in [2.05, 4.69) is 22.0 Å². The van der Waals surface area contributed by atoms with Crippen LogP contribution in [0.3, 0.4) is 0 Å². The molecule has 2 aromatic rings. The maximum atomic E-state index is 14.0. The summed E-state index contributed by atoms with van der Waals surface area (Å²) in [7, 11) is 0. The minimum absolute atomic E-state index is 0.0476. The van der Waals surface area contributed by atoms with Crippen molar-refractivity contribution in [2.24, 2.45) is 0 Å². The highest BCUT2D eigenvalue weighted by atomic mass is 19.1. The fraction of sp³-hybridized carbons (Fsp3) is 0.400. The van der Waals surface area contributed by atoms with E-state index in [4.69, 9.17) is 10.00 Å². The third-order valence-corrected chi connectivity index (χ3v) is 5.40. The van der Waals surface area contributed by atoms with Gasteiger partial charge in [-0.2, -0.15) is 5.26 Å². The predicted octanol–water partition coefficient (Wildman–Crippen LogP) is 2.34. The van der Waals surface area contributed by atoms with Crippen LogP contribution in [-0.2, 0) is 16.9 Å². The molecular weight excluding hydrogens is 333 g/mol. The summed E-state index contributed by atoms with van der Waals surface area (Å²) >= 11 is 0. The average Bonchev–Trinajstić information content (AvgIpc) is 2.63. The molecule has 26 heavy (non-hydrogen) atoms. The van der Waals surface area contributed by atoms with Crippen molar-refractivity contribution in [3.8, 4) is 6.07 Å². The van der Waals surface area contributed by atoms with E-state index in [0.717, 1.165) is 6.54 Å². The van der Waals surface area contributed by atoms with Crippen LogP contribution in [0, 0.1) is 17.1 Å². The second kappa shape index (κ2) is 6.76. The van der Waals surface area contributed by atoms with Gasteiger partial charge < -0.3 is 9.84 Å². The molecule has 4 rings (SSSR count). The first-order chi connectivity index (χ1) is 12.6. The van der Waals surface area contributed by atoms with Gasteiger partial charge in [0.25, 0.3) is 0 Å². The van der Waals surface area contributed by atoms with Gasteiger partial charge in [0.05, 0.1) is 18.8 Å². The number of rotatable bonds is 3. The molecule has 1 N–H and O–H groups in total. The molecule has 0 saturated carbocycles. The molecule has 2 bridgehead atoms. The van der Waals surface area contributed by atoms with Crippen LogP contribution in [-0.4, -0.2) is 40.3 Å². The summed E-state index contributed by atoms with van der Waals surface area (Å²) in [6, 6.07) is 13.3. The van der Waals surface area contributed by atoms with E-state index in [-0.39, 0.29) is 17.8 Å². The smallest absolute Gasteiger partial charge is 0.176 e. The minimum atomic E-state index is -1.16. The molecule has 0 spiro atoms. The normalized spacial score (nSPS) is 28.5. The maximum absolute atomic E-state index is 14.0. The number of halogens is 1. The quantitative estimate of drug-likeness (QED) is 0.917. The summed E-state index contributed by atoms with van der Waals surface area (Å²) in [5, 5.41) is 20.1. The Kier molecular flexibility index (Phi) is 4.45. The topological polar surface area (TPSA) is 69.4 Å². The van der Waals surface area contributed by atoms with Gasteiger partial charge in [0.2, 0.25) is 0 Å². The number of hydrogen-bond acceptors (Lipinski definition) is 5. The highest BCUT2D eigenvalue weighted by molar-refractivity contribution is 5.30. The molecule has 0 aliphatic carbocycles. The van der Waals surface area contributed by atoms with E-state index >= 15 is 0 Å². The van der Waals surface area contributed by atoms with E-state index in [1.165, 1.54) is 17.8 Å². The number of nitriles is 1. The number of piperidine rings is 1. The van der Waals surface area contributed by atoms with E-state index in [0.29, 0.717) is 31.6 Å². The fourth-order valence-corrected chi connectivity index (χ4v) is 4.11. The molecule has 2 aliphatic rings. The SMILES string of the molecule is N#Cc1ncc(C2(O)CC3COCC(C2)N3Cc2ccccc2)cc1F. The Labute approximate surface area is 151 Å². The highest BCUT2D eigenvalue weighted by Gasteiger charge is 2.47. The molecule has 2 saturated heterocycles. The van der Waals surface area contributed by atoms with E-state index in [9.17, 15) is 9.50 Å². The van der Waals surface area contributed by atoms with Crippen LogP contribution >= 0.6 is 0 Å². The lowest BCUT2D eigenvalue weighted by molar-refractivity contribution is -0.149. The van der Waals surface area contributed by atoms with Crippen molar-refractivity contribution in [3.05, 3.63) is 65.2 Å². The first-order valence-electron chi connectivity index (χ1n) is 8.75. The molecule has 2 fully saturated rings. The number of nitrogens with zero attached hydrogens (tertiary/aromatic N) is 3. The second-order valence-corrected chi connectivity index (χ2v) is 7.11. The molecule has 1 aromatic carbocycles. The molecule has 2 aliphatic heterocycles. The number of morpholine rings is 1. The number of ether oxygens (including phenoxy) is 1. The summed E-state index contributed by atoms with van der Waals surface area (Å²) in [5.74, 6) is -0.688. The standard InChI is InChI=1S/C20H20FN3O2/c21-18-6-15(10-23-19(18)9-22)20(25)7-16-12-26-13-17(8-20)24(16)11-14-4-2-1-3-5-14/h1-6,10,16-17,25H,7-8,11-13H2. The summed E-state index contributed by atoms with van der Waals surface area (Å²) in [6.07, 6.45) is 2.32. The molecule has 5 nitrogen and oxygen atoms in total. The Morgan fingerprint density at radius 3 is 2.58 bits per heavy atom. The number of benzene rings is 1. The van der Waals surface area contributed by atoms with Crippen molar-refractivity contribution < 1.29 is 14.2 Å². The lowest BCUT2D eigenvalue weighted by Crippen LogP contribution is -2.60. The van der Waals surface area contributed by atoms with Gasteiger partial charge in [-0.15, -0.1) is 0 Å². The van der Waals surface area contributed by atoms with Crippen molar-refractivity contribution in [1.29, 1.82) is 5.26 Å². The Morgan fingerprint density at radius 2 is 1.96 bits per heavy atom. The van der Waals surface area contributed by atoms with E-state index < -0.39 is 11.4 Å². The summed E-state index contributed by atoms with van der Waals surface area (Å²) in [6.45, 7) is 1.88. The Morgan fingerprint density at radius 1 is 1.27 bits per heavy atom. The largest absolute Gasteiger partial charge is 0.385 e. The maximum Gasteiger partial charge on any atom is 0.176 e. The van der Waals surface area contributed by atoms with Crippen molar-refractivity contribution in [1.82, 2.24) is 9.88 Å². The van der Waals surface area contributed by atoms with Gasteiger partial charge >= 0.3 is 0 Å². The first kappa shape index (κ1) is 17.1. The number of pyridine rings is 1. The van der Waals surface area contributed by atoms with E-state index in [1.54, 1.807) is 6.07 Å². The number of aromatic nitrogens is 1. The van der Waals surface area contributed by atoms with Gasteiger partial charge in [-0.1, -0.05) is 30.3 Å². The molecule has 134 valence electrons. The molecule has 6 heteroatoms.